The van der Waals surface area contributed by atoms with E-state index >= 15 is 0 Å². The molecule has 0 fully saturated rings. The molecule has 1 N–H and O–H groups in total. The van der Waals surface area contributed by atoms with Crippen molar-refractivity contribution in [1.29, 1.82) is 0 Å². The molecule has 0 radical (unpaired) electrons. The van der Waals surface area contributed by atoms with Crippen molar-refractivity contribution in [2.45, 2.75) is 13.5 Å². The fourth-order valence-corrected chi connectivity index (χ4v) is 4.34. The largest absolute Gasteiger partial charge is 0.490 e. The van der Waals surface area contributed by atoms with E-state index in [0.717, 1.165) is 37.8 Å². The number of hydrogen-bond donors (Lipinski definition) is 1. The second kappa shape index (κ2) is 12.4. The molecule has 4 aromatic carbocycles. The Morgan fingerprint density at radius 1 is 0.897 bits per heavy atom. The van der Waals surface area contributed by atoms with Crippen LogP contribution in [0, 0.1) is 0 Å². The second-order valence-electron chi connectivity index (χ2n) is 8.69. The summed E-state index contributed by atoms with van der Waals surface area (Å²) in [6.07, 6.45) is 1.58. The quantitative estimate of drug-likeness (QED) is 0.146. The van der Waals surface area contributed by atoms with Gasteiger partial charge in [0.15, 0.2) is 11.5 Å². The fraction of sp³-hybridized carbons (Fsp3) is 0.0938. The minimum Gasteiger partial charge on any atom is -0.490 e. The normalized spacial score (nSPS) is 11.0. The highest BCUT2D eigenvalue weighted by Gasteiger charge is 2.14. The number of hydrazone groups is 1. The molecule has 0 atom stereocenters. The average molecular weight is 580 g/mol. The molecule has 0 spiro atoms. The smallest absolute Gasteiger partial charge is 0.272 e. The summed E-state index contributed by atoms with van der Waals surface area (Å²) in [6.45, 7) is 2.83. The first-order valence-corrected chi connectivity index (χ1v) is 13.3. The Morgan fingerprint density at radius 2 is 1.67 bits per heavy atom. The van der Waals surface area contributed by atoms with Crippen LogP contribution in [-0.2, 0) is 6.61 Å². The van der Waals surface area contributed by atoms with E-state index in [1.165, 1.54) is 0 Å². The first kappa shape index (κ1) is 26.1. The maximum Gasteiger partial charge on any atom is 0.272 e. The Labute approximate surface area is 235 Å². The van der Waals surface area contributed by atoms with Gasteiger partial charge in [-0.15, -0.1) is 0 Å². The summed E-state index contributed by atoms with van der Waals surface area (Å²) in [7, 11) is 0. The summed E-state index contributed by atoms with van der Waals surface area (Å²) in [5, 5.41) is 4.97. The first-order chi connectivity index (χ1) is 19.1. The van der Waals surface area contributed by atoms with E-state index in [4.69, 9.17) is 14.5 Å². The maximum atomic E-state index is 13.2. The number of halogens is 1. The molecule has 0 bridgehead atoms. The molecule has 39 heavy (non-hydrogen) atoms. The van der Waals surface area contributed by atoms with Crippen molar-refractivity contribution in [3.63, 3.8) is 0 Å². The van der Waals surface area contributed by atoms with Crippen LogP contribution >= 0.6 is 15.9 Å². The van der Waals surface area contributed by atoms with Crippen LogP contribution in [0.2, 0.25) is 0 Å². The number of rotatable bonds is 9. The van der Waals surface area contributed by atoms with E-state index < -0.39 is 0 Å². The van der Waals surface area contributed by atoms with Crippen molar-refractivity contribution < 1.29 is 14.3 Å². The molecule has 1 heterocycles. The van der Waals surface area contributed by atoms with Crippen LogP contribution in [0.4, 0.5) is 0 Å². The summed E-state index contributed by atoms with van der Waals surface area (Å²) in [4.78, 5) is 17.9. The van der Waals surface area contributed by atoms with Gasteiger partial charge in [-0.25, -0.2) is 10.4 Å². The summed E-state index contributed by atoms with van der Waals surface area (Å²) in [6, 6.07) is 32.7. The molecule has 194 valence electrons. The number of aromatic nitrogens is 1. The molecule has 0 aliphatic carbocycles. The van der Waals surface area contributed by atoms with Crippen LogP contribution < -0.4 is 14.9 Å². The van der Waals surface area contributed by atoms with E-state index in [0.29, 0.717) is 30.3 Å². The lowest BCUT2D eigenvalue weighted by molar-refractivity contribution is 0.0956. The van der Waals surface area contributed by atoms with Gasteiger partial charge in [-0.05, 0) is 60.5 Å². The van der Waals surface area contributed by atoms with Crippen LogP contribution in [0.15, 0.2) is 113 Å². The molecule has 1 amide bonds. The van der Waals surface area contributed by atoms with Gasteiger partial charge in [0.05, 0.1) is 29.6 Å². The Bertz CT molecular complexity index is 1620. The number of fused-ring (bicyclic) bond motifs is 1. The highest BCUT2D eigenvalue weighted by Crippen LogP contribution is 2.29. The molecule has 0 aliphatic heterocycles. The van der Waals surface area contributed by atoms with Crippen LogP contribution in [0.3, 0.4) is 0 Å². The number of amides is 1. The van der Waals surface area contributed by atoms with Gasteiger partial charge in [-0.2, -0.15) is 5.10 Å². The Hall–Kier alpha value is -4.49. The van der Waals surface area contributed by atoms with Crippen molar-refractivity contribution in [1.82, 2.24) is 10.4 Å². The molecule has 6 nitrogen and oxygen atoms in total. The molecule has 5 aromatic rings. The zero-order valence-electron chi connectivity index (χ0n) is 21.3. The van der Waals surface area contributed by atoms with Crippen LogP contribution in [0.25, 0.3) is 22.2 Å². The molecule has 0 saturated carbocycles. The molecular weight excluding hydrogens is 554 g/mol. The topological polar surface area (TPSA) is 72.8 Å². The maximum absolute atomic E-state index is 13.2. The standard InChI is InChI=1S/C32H26BrN3O3/c1-2-38-31-18-23(14-17-30(31)39-21-22-12-15-25(33)16-13-22)20-34-36-32(37)27-19-29(24-8-4-3-5-9-24)35-28-11-7-6-10-26(27)28/h3-20H,2,21H2,1H3,(H,36,37)/b34-20+. The zero-order chi connectivity index (χ0) is 27.0. The molecule has 1 aromatic heterocycles. The summed E-state index contributed by atoms with van der Waals surface area (Å²) >= 11 is 3.45. The van der Waals surface area contributed by atoms with E-state index in [9.17, 15) is 4.79 Å². The summed E-state index contributed by atoms with van der Waals surface area (Å²) in [5.41, 5.74) is 7.38. The predicted molar refractivity (Wildman–Crippen MR) is 158 cm³/mol. The Balaban J connectivity index is 1.32. The third-order valence-corrected chi connectivity index (χ3v) is 6.51. The predicted octanol–water partition coefficient (Wildman–Crippen LogP) is 7.41. The van der Waals surface area contributed by atoms with Crippen molar-refractivity contribution in [3.05, 3.63) is 124 Å². The highest BCUT2D eigenvalue weighted by atomic mass is 79.9. The van der Waals surface area contributed by atoms with E-state index in [1.54, 1.807) is 12.3 Å². The third-order valence-electron chi connectivity index (χ3n) is 5.99. The lowest BCUT2D eigenvalue weighted by Crippen LogP contribution is -2.18. The molecule has 7 heteroatoms. The van der Waals surface area contributed by atoms with E-state index in [-0.39, 0.29) is 5.91 Å². The van der Waals surface area contributed by atoms with Gasteiger partial charge >= 0.3 is 0 Å². The van der Waals surface area contributed by atoms with Crippen molar-refractivity contribution in [2.75, 3.05) is 6.61 Å². The average Bonchev–Trinajstić information content (AvgIpc) is 2.97. The van der Waals surface area contributed by atoms with Gasteiger partial charge in [0, 0.05) is 15.4 Å². The molecule has 0 unspecified atom stereocenters. The van der Waals surface area contributed by atoms with Gasteiger partial charge < -0.3 is 9.47 Å². The Morgan fingerprint density at radius 3 is 2.46 bits per heavy atom. The SMILES string of the molecule is CCOc1cc(/C=N/NC(=O)c2cc(-c3ccccc3)nc3ccccc23)ccc1OCc1ccc(Br)cc1. The van der Waals surface area contributed by atoms with Gasteiger partial charge in [0.2, 0.25) is 0 Å². The first-order valence-electron chi connectivity index (χ1n) is 12.5. The van der Waals surface area contributed by atoms with Crippen LogP contribution in [0.5, 0.6) is 11.5 Å². The molecule has 0 aliphatic rings. The number of pyridine rings is 1. The van der Waals surface area contributed by atoms with Crippen molar-refractivity contribution in [3.8, 4) is 22.8 Å². The third kappa shape index (κ3) is 6.51. The number of benzene rings is 4. The lowest BCUT2D eigenvalue weighted by Gasteiger charge is -2.13. The van der Waals surface area contributed by atoms with E-state index in [1.807, 2.05) is 104 Å². The molecule has 5 rings (SSSR count). The minimum atomic E-state index is -0.318. The number of ether oxygens (including phenoxy) is 2. The monoisotopic (exact) mass is 579 g/mol. The van der Waals surface area contributed by atoms with Crippen LogP contribution in [0.1, 0.15) is 28.4 Å². The highest BCUT2D eigenvalue weighted by molar-refractivity contribution is 9.10. The molecular formula is C32H26BrN3O3. The number of carbonyl (C=O) groups is 1. The van der Waals surface area contributed by atoms with Crippen LogP contribution in [-0.4, -0.2) is 23.7 Å². The second-order valence-corrected chi connectivity index (χ2v) is 9.61. The number of para-hydroxylation sites is 1. The van der Waals surface area contributed by atoms with Gasteiger partial charge in [0.25, 0.3) is 5.91 Å². The van der Waals surface area contributed by atoms with E-state index in [2.05, 4.69) is 26.5 Å². The summed E-state index contributed by atoms with van der Waals surface area (Å²) in [5.74, 6) is 0.927. The van der Waals surface area contributed by atoms with Crippen molar-refractivity contribution >= 4 is 39.0 Å². The van der Waals surface area contributed by atoms with Gasteiger partial charge in [-0.3, -0.25) is 4.79 Å². The lowest BCUT2D eigenvalue weighted by atomic mass is 10.0. The number of nitrogens with zero attached hydrogens (tertiary/aromatic N) is 2. The number of nitrogens with one attached hydrogen (secondary N) is 1. The fourth-order valence-electron chi connectivity index (χ4n) is 4.08. The van der Waals surface area contributed by atoms with Crippen molar-refractivity contribution in [2.24, 2.45) is 5.10 Å². The minimum absolute atomic E-state index is 0.318. The summed E-state index contributed by atoms with van der Waals surface area (Å²) < 4.78 is 12.8. The van der Waals surface area contributed by atoms with Gasteiger partial charge in [-0.1, -0.05) is 76.6 Å². The number of hydrogen-bond acceptors (Lipinski definition) is 5. The number of carbonyl (C=O) groups excluding carboxylic acids is 1. The van der Waals surface area contributed by atoms with Gasteiger partial charge in [0.1, 0.15) is 6.61 Å². The Kier molecular flexibility index (Phi) is 8.29. The molecule has 0 saturated heterocycles. The zero-order valence-corrected chi connectivity index (χ0v) is 22.9.